The monoisotopic (exact) mass is 200 g/mol. The normalized spacial score (nSPS) is 34.1. The van der Waals surface area contributed by atoms with Crippen molar-refractivity contribution in [1.82, 2.24) is 5.32 Å². The first kappa shape index (κ1) is 11.5. The van der Waals surface area contributed by atoms with Crippen LogP contribution in [-0.2, 0) is 9.53 Å². The summed E-state index contributed by atoms with van der Waals surface area (Å²) < 4.78 is 5.53. The first-order valence-electron chi connectivity index (χ1n) is 5.26. The van der Waals surface area contributed by atoms with E-state index in [4.69, 9.17) is 10.5 Å². The van der Waals surface area contributed by atoms with E-state index in [1.54, 1.807) is 0 Å². The van der Waals surface area contributed by atoms with Gasteiger partial charge in [-0.25, -0.2) is 0 Å². The van der Waals surface area contributed by atoms with Crippen molar-refractivity contribution >= 4 is 5.91 Å². The fraction of sp³-hybridized carbons (Fsp3) is 0.900. The average molecular weight is 200 g/mol. The lowest BCUT2D eigenvalue weighted by Gasteiger charge is -2.18. The highest BCUT2D eigenvalue weighted by Crippen LogP contribution is 2.19. The van der Waals surface area contributed by atoms with Crippen molar-refractivity contribution in [3.63, 3.8) is 0 Å². The van der Waals surface area contributed by atoms with Gasteiger partial charge < -0.3 is 15.8 Å². The van der Waals surface area contributed by atoms with E-state index in [-0.39, 0.29) is 24.2 Å². The molecule has 0 saturated carbocycles. The Labute approximate surface area is 85.2 Å². The zero-order valence-corrected chi connectivity index (χ0v) is 9.12. The predicted octanol–water partition coefficient (Wildman–Crippen LogP) is 0.406. The Kier molecular flexibility index (Phi) is 3.89. The maximum atomic E-state index is 11.5. The van der Waals surface area contributed by atoms with E-state index in [9.17, 15) is 4.79 Å². The minimum atomic E-state index is -0.391. The maximum absolute atomic E-state index is 11.5. The molecule has 4 heteroatoms. The van der Waals surface area contributed by atoms with E-state index >= 15 is 0 Å². The van der Waals surface area contributed by atoms with Crippen LogP contribution in [0.25, 0.3) is 0 Å². The van der Waals surface area contributed by atoms with Crippen LogP contribution in [0.15, 0.2) is 0 Å². The number of rotatable bonds is 3. The summed E-state index contributed by atoms with van der Waals surface area (Å²) >= 11 is 0. The molecule has 1 aliphatic heterocycles. The summed E-state index contributed by atoms with van der Waals surface area (Å²) in [6.45, 7) is 5.90. The van der Waals surface area contributed by atoms with Gasteiger partial charge in [0.1, 0.15) is 0 Å². The molecule has 14 heavy (non-hydrogen) atoms. The fourth-order valence-corrected chi connectivity index (χ4v) is 1.72. The van der Waals surface area contributed by atoms with Crippen LogP contribution in [0.3, 0.4) is 0 Å². The molecule has 1 amide bonds. The van der Waals surface area contributed by atoms with Gasteiger partial charge in [-0.3, -0.25) is 4.79 Å². The lowest BCUT2D eigenvalue weighted by atomic mass is 10.1. The van der Waals surface area contributed by atoms with Crippen molar-refractivity contribution in [2.75, 3.05) is 0 Å². The van der Waals surface area contributed by atoms with Crippen LogP contribution in [0, 0.1) is 0 Å². The van der Waals surface area contributed by atoms with Crippen LogP contribution in [0.4, 0.5) is 0 Å². The van der Waals surface area contributed by atoms with Gasteiger partial charge >= 0.3 is 0 Å². The molecular formula is C10H20N2O2. The smallest absolute Gasteiger partial charge is 0.237 e. The molecule has 0 radical (unpaired) electrons. The highest BCUT2D eigenvalue weighted by molar-refractivity contribution is 5.81. The highest BCUT2D eigenvalue weighted by Gasteiger charge is 2.31. The molecule has 0 aromatic carbocycles. The molecule has 0 aromatic heterocycles. The second-order valence-electron chi connectivity index (χ2n) is 4.02. The number of hydrogen-bond donors (Lipinski definition) is 2. The molecule has 3 unspecified atom stereocenters. The Morgan fingerprint density at radius 1 is 1.64 bits per heavy atom. The minimum absolute atomic E-state index is 0.0675. The number of carbonyl (C=O) groups excluding carboxylic acids is 1. The van der Waals surface area contributed by atoms with Gasteiger partial charge in [-0.05, 0) is 26.7 Å². The molecule has 0 aliphatic carbocycles. The second-order valence-corrected chi connectivity index (χ2v) is 4.02. The fourth-order valence-electron chi connectivity index (χ4n) is 1.72. The predicted molar refractivity (Wildman–Crippen MR) is 54.8 cm³/mol. The van der Waals surface area contributed by atoms with Gasteiger partial charge in [-0.15, -0.1) is 0 Å². The summed E-state index contributed by atoms with van der Waals surface area (Å²) in [7, 11) is 0. The summed E-state index contributed by atoms with van der Waals surface area (Å²) in [6.07, 6.45) is 1.87. The minimum Gasteiger partial charge on any atom is -0.373 e. The average Bonchev–Trinajstić information content (AvgIpc) is 2.44. The van der Waals surface area contributed by atoms with E-state index in [1.165, 1.54) is 0 Å². The highest BCUT2D eigenvalue weighted by atomic mass is 16.5. The molecule has 1 rings (SSSR count). The van der Waals surface area contributed by atoms with Gasteiger partial charge in [0.15, 0.2) is 0 Å². The van der Waals surface area contributed by atoms with Gasteiger partial charge in [0.2, 0.25) is 5.91 Å². The topological polar surface area (TPSA) is 64.4 Å². The van der Waals surface area contributed by atoms with Crippen LogP contribution in [0.2, 0.25) is 0 Å². The molecule has 4 nitrogen and oxygen atoms in total. The molecular weight excluding hydrogens is 180 g/mol. The number of nitrogens with one attached hydrogen (secondary N) is 1. The standard InChI is InChI=1S/C10H20N2O2/c1-4-8(11)10(13)12-9-5-6(2)14-7(9)3/h6-9H,4-5,11H2,1-3H3,(H,12,13)/t6?,7?,8-,9?/m1/s1. The van der Waals surface area contributed by atoms with Crippen LogP contribution in [-0.4, -0.2) is 30.2 Å². The third-order valence-corrected chi connectivity index (χ3v) is 2.70. The molecule has 1 saturated heterocycles. The summed E-state index contributed by atoms with van der Waals surface area (Å²) in [5.41, 5.74) is 5.62. The van der Waals surface area contributed by atoms with E-state index in [2.05, 4.69) is 5.32 Å². The number of ether oxygens (including phenoxy) is 1. The van der Waals surface area contributed by atoms with Crippen molar-refractivity contribution in [3.05, 3.63) is 0 Å². The van der Waals surface area contributed by atoms with Gasteiger partial charge in [0.05, 0.1) is 24.3 Å². The van der Waals surface area contributed by atoms with E-state index in [0.29, 0.717) is 6.42 Å². The molecule has 0 aromatic rings. The van der Waals surface area contributed by atoms with Crippen LogP contribution < -0.4 is 11.1 Å². The van der Waals surface area contributed by atoms with Crippen LogP contribution in [0.5, 0.6) is 0 Å². The maximum Gasteiger partial charge on any atom is 0.237 e. The SMILES string of the molecule is CC[C@@H](N)C(=O)NC1CC(C)OC1C. The Hall–Kier alpha value is -0.610. The summed E-state index contributed by atoms with van der Waals surface area (Å²) in [6, 6.07) is -0.270. The van der Waals surface area contributed by atoms with Gasteiger partial charge in [-0.1, -0.05) is 6.92 Å². The van der Waals surface area contributed by atoms with E-state index in [0.717, 1.165) is 6.42 Å². The summed E-state index contributed by atoms with van der Waals surface area (Å²) in [4.78, 5) is 11.5. The lowest BCUT2D eigenvalue weighted by Crippen LogP contribution is -2.47. The van der Waals surface area contributed by atoms with Gasteiger partial charge in [0.25, 0.3) is 0 Å². The number of hydrogen-bond acceptors (Lipinski definition) is 3. The Balaban J connectivity index is 2.41. The first-order chi connectivity index (χ1) is 6.54. The molecule has 3 N–H and O–H groups in total. The van der Waals surface area contributed by atoms with Crippen molar-refractivity contribution in [1.29, 1.82) is 0 Å². The Morgan fingerprint density at radius 2 is 2.29 bits per heavy atom. The Morgan fingerprint density at radius 3 is 2.71 bits per heavy atom. The third kappa shape index (κ3) is 2.69. The molecule has 0 spiro atoms. The van der Waals surface area contributed by atoms with Gasteiger partial charge in [0, 0.05) is 0 Å². The van der Waals surface area contributed by atoms with E-state index in [1.807, 2.05) is 20.8 Å². The van der Waals surface area contributed by atoms with Crippen molar-refractivity contribution in [3.8, 4) is 0 Å². The molecule has 0 bridgehead atoms. The number of carbonyl (C=O) groups is 1. The molecule has 4 atom stereocenters. The zero-order valence-electron chi connectivity index (χ0n) is 9.12. The first-order valence-corrected chi connectivity index (χ1v) is 5.26. The van der Waals surface area contributed by atoms with Gasteiger partial charge in [-0.2, -0.15) is 0 Å². The summed E-state index contributed by atoms with van der Waals surface area (Å²) in [5.74, 6) is -0.0675. The Bertz CT molecular complexity index is 208. The van der Waals surface area contributed by atoms with Crippen molar-refractivity contribution in [2.24, 2.45) is 5.73 Å². The quantitative estimate of drug-likeness (QED) is 0.693. The molecule has 82 valence electrons. The lowest BCUT2D eigenvalue weighted by molar-refractivity contribution is -0.123. The van der Waals surface area contributed by atoms with Crippen LogP contribution >= 0.6 is 0 Å². The number of amides is 1. The van der Waals surface area contributed by atoms with Crippen molar-refractivity contribution in [2.45, 2.75) is 57.9 Å². The zero-order chi connectivity index (χ0) is 10.7. The molecule has 1 fully saturated rings. The second kappa shape index (κ2) is 4.75. The van der Waals surface area contributed by atoms with Crippen molar-refractivity contribution < 1.29 is 9.53 Å². The van der Waals surface area contributed by atoms with Crippen LogP contribution in [0.1, 0.15) is 33.6 Å². The number of nitrogens with two attached hydrogens (primary N) is 1. The van der Waals surface area contributed by atoms with E-state index < -0.39 is 6.04 Å². The molecule has 1 aliphatic rings. The largest absolute Gasteiger partial charge is 0.373 e. The molecule has 1 heterocycles. The third-order valence-electron chi connectivity index (χ3n) is 2.70. The summed E-state index contributed by atoms with van der Waals surface area (Å²) in [5, 5.41) is 2.92.